The predicted molar refractivity (Wildman–Crippen MR) is 238 cm³/mol. The summed E-state index contributed by atoms with van der Waals surface area (Å²) in [5.41, 5.74) is 16.7. The fourth-order valence-corrected chi connectivity index (χ4v) is 7.12. The molecule has 0 fully saturated rings. The Hall–Kier alpha value is -3.10. The van der Waals surface area contributed by atoms with Crippen LogP contribution in [0.1, 0.15) is 115 Å². The molecule has 56 heavy (non-hydrogen) atoms. The molecule has 0 aromatic heterocycles. The molecule has 0 heterocycles. The fourth-order valence-electron chi connectivity index (χ4n) is 7.12. The summed E-state index contributed by atoms with van der Waals surface area (Å²) in [7, 11) is 0. The summed E-state index contributed by atoms with van der Waals surface area (Å²) in [5.74, 6) is 0.154. The van der Waals surface area contributed by atoms with Gasteiger partial charge < -0.3 is 0 Å². The van der Waals surface area contributed by atoms with E-state index in [1.807, 2.05) is 0 Å². The van der Waals surface area contributed by atoms with Gasteiger partial charge in [-0.05, 0) is 70.2 Å². The quantitative estimate of drug-likeness (QED) is 0.147. The standard InChI is InChI=1S/C27H29.C11H17.2C6H4F.CH2.2ClH.Zr/c1-16-7-9-26(3,4)24-12-18-11-19-13-25-21(17(2)8-10-27(25,5)6)15-23(19)22(18)14-20(16)24;1-5-9-6-7-10(8-9)11(2,3)4;2*7-6-4-2-1-3-5-6;;;;/h7-9,12-15H,10-11H2,1-6H3;7-9H,5H2,1-4H3;2*2-5H;1H2;2*1H;/q4*-1;;;;. The SMILES string of the molecule is CC1=C[CH-]C(C)(C)c2cc3c(cc21)-c1cc2c(cc1C3)C(C)(C)CC=C2C.CCC1[C-]=CC(C(C)(C)C)=C1.Cl.Cl.Fc1cc[c-]cc1.Fc1cc[c-]cc1.[CH2]=[Zr]. The van der Waals surface area contributed by atoms with Gasteiger partial charge >= 0.3 is 28.4 Å². The fraction of sp³-hybridized carbons (Fsp3) is 0.333. The van der Waals surface area contributed by atoms with Crippen LogP contribution >= 0.6 is 24.8 Å². The molecule has 8 rings (SSSR count). The number of allylic oxidation sites excluding steroid dienone is 8. The van der Waals surface area contributed by atoms with E-state index in [0.717, 1.165) is 12.8 Å². The zero-order valence-corrected chi connectivity index (χ0v) is 38.9. The monoisotopic (exact) mass is 868 g/mol. The number of hydrogen-bond acceptors (Lipinski definition) is 0. The van der Waals surface area contributed by atoms with Crippen LogP contribution in [0.25, 0.3) is 22.3 Å². The van der Waals surface area contributed by atoms with Gasteiger partial charge in [-0.2, -0.15) is 53.6 Å². The summed E-state index contributed by atoms with van der Waals surface area (Å²) in [4.78, 5) is 0. The van der Waals surface area contributed by atoms with Crippen molar-refractivity contribution in [2.45, 2.75) is 99.3 Å². The van der Waals surface area contributed by atoms with E-state index in [1.54, 1.807) is 0 Å². The van der Waals surface area contributed by atoms with Crippen LogP contribution in [-0.2, 0) is 41.5 Å². The third-order valence-corrected chi connectivity index (χ3v) is 10.6. The molecule has 0 aliphatic heterocycles. The first-order valence-electron chi connectivity index (χ1n) is 19.0. The van der Waals surface area contributed by atoms with E-state index in [1.165, 1.54) is 140 Å². The van der Waals surface area contributed by atoms with Gasteiger partial charge in [-0.25, -0.2) is 27.4 Å². The molecule has 1 unspecified atom stereocenters. The van der Waals surface area contributed by atoms with Crippen molar-refractivity contribution >= 4 is 40.2 Å². The van der Waals surface area contributed by atoms with Gasteiger partial charge in [-0.15, -0.1) is 61.6 Å². The summed E-state index contributed by atoms with van der Waals surface area (Å²) in [6, 6.07) is 26.9. The molecule has 0 radical (unpaired) electrons. The zero-order chi connectivity index (χ0) is 39.8. The number of benzene rings is 4. The molecule has 1 atom stereocenters. The van der Waals surface area contributed by atoms with Crippen LogP contribution in [0.4, 0.5) is 8.78 Å². The molecular weight excluding hydrogens is 813 g/mol. The summed E-state index contributed by atoms with van der Waals surface area (Å²) in [6.45, 7) is 22.9. The van der Waals surface area contributed by atoms with Gasteiger partial charge in [0.2, 0.25) is 0 Å². The normalized spacial score (nSPS) is 16.8. The second kappa shape index (κ2) is 21.1. The van der Waals surface area contributed by atoms with E-state index in [2.05, 4.69) is 147 Å². The number of rotatable bonds is 1. The van der Waals surface area contributed by atoms with Crippen molar-refractivity contribution in [3.8, 4) is 11.1 Å². The second-order valence-electron chi connectivity index (χ2n) is 16.6. The van der Waals surface area contributed by atoms with Gasteiger partial charge in [-0.1, -0.05) is 108 Å². The van der Waals surface area contributed by atoms with Crippen molar-refractivity contribution in [1.82, 2.24) is 0 Å². The van der Waals surface area contributed by atoms with Crippen molar-refractivity contribution in [2.75, 3.05) is 0 Å². The Kier molecular flexibility index (Phi) is 18.5. The van der Waals surface area contributed by atoms with Gasteiger partial charge in [0.1, 0.15) is 0 Å². The van der Waals surface area contributed by atoms with Gasteiger partial charge in [0.05, 0.1) is 0 Å². The molecule has 5 heteroatoms. The van der Waals surface area contributed by atoms with Gasteiger partial charge in [0.25, 0.3) is 0 Å². The first-order chi connectivity index (χ1) is 25.5. The maximum atomic E-state index is 11.9. The zero-order valence-electron chi connectivity index (χ0n) is 34.8. The molecule has 298 valence electrons. The van der Waals surface area contributed by atoms with Gasteiger partial charge in [-0.3, -0.25) is 6.08 Å². The van der Waals surface area contributed by atoms with Crippen molar-refractivity contribution in [2.24, 2.45) is 11.3 Å². The maximum absolute atomic E-state index is 11.9. The van der Waals surface area contributed by atoms with Crippen LogP contribution in [0.15, 0.2) is 103 Å². The summed E-state index contributed by atoms with van der Waals surface area (Å²) in [6.07, 6.45) is 18.3. The number of hydrogen-bond donors (Lipinski definition) is 0. The third kappa shape index (κ3) is 12.2. The van der Waals surface area contributed by atoms with E-state index in [4.69, 9.17) is 0 Å². The Morgan fingerprint density at radius 1 is 0.768 bits per heavy atom. The van der Waals surface area contributed by atoms with Crippen LogP contribution in [0.2, 0.25) is 0 Å². The van der Waals surface area contributed by atoms with Crippen LogP contribution in [0, 0.1) is 47.6 Å². The van der Waals surface area contributed by atoms with Gasteiger partial charge in [0.15, 0.2) is 0 Å². The van der Waals surface area contributed by atoms with E-state index in [-0.39, 0.29) is 47.3 Å². The first-order valence-corrected chi connectivity index (χ1v) is 20.7. The minimum absolute atomic E-state index is 0. The second-order valence-corrected chi connectivity index (χ2v) is 16.6. The van der Waals surface area contributed by atoms with Crippen LogP contribution < -0.4 is 0 Å². The molecule has 0 N–H and O–H groups in total. The summed E-state index contributed by atoms with van der Waals surface area (Å²) in [5, 5.41) is 0. The molecule has 0 saturated heterocycles. The van der Waals surface area contributed by atoms with E-state index < -0.39 is 0 Å². The van der Waals surface area contributed by atoms with E-state index in [9.17, 15) is 8.78 Å². The van der Waals surface area contributed by atoms with E-state index >= 15 is 0 Å². The molecule has 0 spiro atoms. The number of halogens is 4. The molecule has 0 bridgehead atoms. The number of fused-ring (bicyclic) bond motifs is 5. The average Bonchev–Trinajstić information content (AvgIpc) is 3.78. The van der Waals surface area contributed by atoms with Crippen LogP contribution in [0.5, 0.6) is 0 Å². The predicted octanol–water partition coefficient (Wildman–Crippen LogP) is 14.7. The van der Waals surface area contributed by atoms with E-state index in [0.29, 0.717) is 11.3 Å². The third-order valence-electron chi connectivity index (χ3n) is 10.6. The summed E-state index contributed by atoms with van der Waals surface area (Å²) < 4.78 is 27.1. The average molecular weight is 871 g/mol. The molecule has 0 amide bonds. The molecule has 0 nitrogen and oxygen atoms in total. The molecule has 4 aromatic rings. The Labute approximate surface area is 364 Å². The Bertz CT molecular complexity index is 1910. The summed E-state index contributed by atoms with van der Waals surface area (Å²) >= 11 is 1.30. The van der Waals surface area contributed by atoms with Crippen molar-refractivity contribution in [3.63, 3.8) is 0 Å². The molecule has 0 saturated carbocycles. The Morgan fingerprint density at radius 3 is 1.66 bits per heavy atom. The Balaban J connectivity index is 0.000000307. The Morgan fingerprint density at radius 2 is 1.25 bits per heavy atom. The molecule has 4 aromatic carbocycles. The topological polar surface area (TPSA) is 0 Å². The van der Waals surface area contributed by atoms with Crippen LogP contribution in [0.3, 0.4) is 0 Å². The van der Waals surface area contributed by atoms with Crippen molar-refractivity contribution in [3.05, 3.63) is 172 Å². The van der Waals surface area contributed by atoms with Crippen molar-refractivity contribution < 1.29 is 33.0 Å². The van der Waals surface area contributed by atoms with Gasteiger partial charge in [0, 0.05) is 11.6 Å². The molecule has 4 aliphatic rings. The van der Waals surface area contributed by atoms with Crippen LogP contribution in [-0.4, -0.2) is 4.21 Å². The van der Waals surface area contributed by atoms with Crippen molar-refractivity contribution in [1.29, 1.82) is 0 Å². The molecular formula is C51H58Cl2F2Zr-4. The first kappa shape index (κ1) is 49.1. The minimum atomic E-state index is -0.209. The molecule has 4 aliphatic carbocycles.